The maximum absolute atomic E-state index is 2.43. The summed E-state index contributed by atoms with van der Waals surface area (Å²) < 4.78 is 0. The lowest BCUT2D eigenvalue weighted by Crippen LogP contribution is -2.31. The molecule has 0 heteroatoms. The van der Waals surface area contributed by atoms with Gasteiger partial charge in [0.15, 0.2) is 0 Å². The first-order chi connectivity index (χ1) is 9.07. The molecule has 0 N–H and O–H groups in total. The lowest BCUT2D eigenvalue weighted by molar-refractivity contribution is 0.0847. The highest BCUT2D eigenvalue weighted by Crippen LogP contribution is 2.48. The standard InChI is InChI=1S/C19H40/c1-7-13-15-18(9-3,10-4)17-19(11-5,12-6)16-14-8-2/h7-17H2,1-6H3. The SMILES string of the molecule is CCCCC(CC)(CC)CC(CC)(CC)CCCC. The van der Waals surface area contributed by atoms with Gasteiger partial charge in [0.05, 0.1) is 0 Å². The summed E-state index contributed by atoms with van der Waals surface area (Å²) >= 11 is 0. The Bertz CT molecular complexity index is 174. The van der Waals surface area contributed by atoms with E-state index in [0.29, 0.717) is 10.8 Å². The molecule has 0 spiro atoms. The predicted molar refractivity (Wildman–Crippen MR) is 89.7 cm³/mol. The Balaban J connectivity index is 4.90. The normalized spacial score (nSPS) is 12.9. The second-order valence-electron chi connectivity index (χ2n) is 6.80. The molecule has 0 aromatic rings. The maximum Gasteiger partial charge on any atom is -0.0297 e. The van der Waals surface area contributed by atoms with Crippen molar-refractivity contribution in [1.82, 2.24) is 0 Å². The van der Waals surface area contributed by atoms with Crippen LogP contribution in [0.3, 0.4) is 0 Å². The first kappa shape index (κ1) is 19.0. The molecule has 0 radical (unpaired) electrons. The quantitative estimate of drug-likeness (QED) is 0.346. The van der Waals surface area contributed by atoms with Crippen molar-refractivity contribution in [1.29, 1.82) is 0 Å². The van der Waals surface area contributed by atoms with Crippen molar-refractivity contribution < 1.29 is 0 Å². The summed E-state index contributed by atoms with van der Waals surface area (Å²) in [7, 11) is 0. The van der Waals surface area contributed by atoms with Crippen LogP contribution in [0.4, 0.5) is 0 Å². The Hall–Kier alpha value is 0. The lowest BCUT2D eigenvalue weighted by Gasteiger charge is -2.43. The van der Waals surface area contributed by atoms with E-state index < -0.39 is 0 Å². The summed E-state index contributed by atoms with van der Waals surface area (Å²) in [6.45, 7) is 14.4. The highest BCUT2D eigenvalue weighted by Gasteiger charge is 2.36. The van der Waals surface area contributed by atoms with Crippen molar-refractivity contribution in [3.63, 3.8) is 0 Å². The Labute approximate surface area is 123 Å². The largest absolute Gasteiger partial charge is 0.0654 e. The number of hydrogen-bond donors (Lipinski definition) is 0. The van der Waals surface area contributed by atoms with Crippen LogP contribution in [-0.2, 0) is 0 Å². The van der Waals surface area contributed by atoms with Crippen molar-refractivity contribution in [3.8, 4) is 0 Å². The van der Waals surface area contributed by atoms with Crippen LogP contribution >= 0.6 is 0 Å². The van der Waals surface area contributed by atoms with Crippen LogP contribution in [-0.4, -0.2) is 0 Å². The summed E-state index contributed by atoms with van der Waals surface area (Å²) in [5.74, 6) is 0. The van der Waals surface area contributed by atoms with Crippen LogP contribution in [0.5, 0.6) is 0 Å². The van der Waals surface area contributed by atoms with E-state index in [2.05, 4.69) is 41.5 Å². The van der Waals surface area contributed by atoms with E-state index in [0.717, 1.165) is 0 Å². The molecule has 116 valence electrons. The lowest BCUT2D eigenvalue weighted by atomic mass is 9.62. The van der Waals surface area contributed by atoms with Crippen molar-refractivity contribution in [2.45, 2.75) is 112 Å². The van der Waals surface area contributed by atoms with Gasteiger partial charge < -0.3 is 0 Å². The highest BCUT2D eigenvalue weighted by atomic mass is 14.4. The third-order valence-corrected chi connectivity index (χ3v) is 5.87. The Morgan fingerprint density at radius 2 is 0.842 bits per heavy atom. The summed E-state index contributed by atoms with van der Waals surface area (Å²) in [5.41, 5.74) is 1.24. The monoisotopic (exact) mass is 268 g/mol. The summed E-state index contributed by atoms with van der Waals surface area (Å²) in [6, 6.07) is 0. The molecular weight excluding hydrogens is 228 g/mol. The van der Waals surface area contributed by atoms with Gasteiger partial charge in [-0.15, -0.1) is 0 Å². The van der Waals surface area contributed by atoms with Gasteiger partial charge in [0.25, 0.3) is 0 Å². The molecule has 0 fully saturated rings. The smallest absolute Gasteiger partial charge is 0.0297 e. The van der Waals surface area contributed by atoms with Gasteiger partial charge in [0, 0.05) is 0 Å². The van der Waals surface area contributed by atoms with Gasteiger partial charge in [-0.1, -0.05) is 92.9 Å². The Morgan fingerprint density at radius 3 is 1.05 bits per heavy atom. The molecule has 0 aliphatic heterocycles. The van der Waals surface area contributed by atoms with E-state index in [-0.39, 0.29) is 0 Å². The van der Waals surface area contributed by atoms with E-state index in [1.54, 1.807) is 0 Å². The molecule has 0 heterocycles. The van der Waals surface area contributed by atoms with Crippen LogP contribution in [0.2, 0.25) is 0 Å². The fourth-order valence-electron chi connectivity index (χ4n) is 3.78. The fraction of sp³-hybridized carbons (Fsp3) is 1.00. The first-order valence-corrected chi connectivity index (χ1v) is 9.07. The molecule has 0 nitrogen and oxygen atoms in total. The average molecular weight is 269 g/mol. The second kappa shape index (κ2) is 9.83. The third-order valence-electron chi connectivity index (χ3n) is 5.87. The minimum Gasteiger partial charge on any atom is -0.0654 e. The molecule has 0 rings (SSSR count). The van der Waals surface area contributed by atoms with Gasteiger partial charge in [-0.05, 0) is 30.1 Å². The first-order valence-electron chi connectivity index (χ1n) is 9.07. The number of unbranched alkanes of at least 4 members (excludes halogenated alkanes) is 2. The molecule has 0 bridgehead atoms. The molecule has 0 atom stereocenters. The fourth-order valence-corrected chi connectivity index (χ4v) is 3.78. The number of rotatable bonds is 12. The maximum atomic E-state index is 2.43. The minimum absolute atomic E-state index is 0.621. The zero-order valence-electron chi connectivity index (χ0n) is 14.8. The molecule has 0 unspecified atom stereocenters. The van der Waals surface area contributed by atoms with E-state index >= 15 is 0 Å². The molecule has 0 amide bonds. The predicted octanol–water partition coefficient (Wildman–Crippen LogP) is 7.37. The Morgan fingerprint density at radius 1 is 0.526 bits per heavy atom. The average Bonchev–Trinajstić information content (AvgIpc) is 2.48. The molecule has 0 aromatic carbocycles. The highest BCUT2D eigenvalue weighted by molar-refractivity contribution is 4.87. The van der Waals surface area contributed by atoms with E-state index in [9.17, 15) is 0 Å². The summed E-state index contributed by atoms with van der Waals surface area (Å²) in [5, 5.41) is 0. The van der Waals surface area contributed by atoms with Gasteiger partial charge in [-0.2, -0.15) is 0 Å². The topological polar surface area (TPSA) is 0 Å². The molecule has 0 aromatic heterocycles. The zero-order valence-corrected chi connectivity index (χ0v) is 14.8. The van der Waals surface area contributed by atoms with Crippen molar-refractivity contribution in [2.75, 3.05) is 0 Å². The van der Waals surface area contributed by atoms with Gasteiger partial charge in [0.2, 0.25) is 0 Å². The summed E-state index contributed by atoms with van der Waals surface area (Å²) in [4.78, 5) is 0. The van der Waals surface area contributed by atoms with Crippen LogP contribution in [0.15, 0.2) is 0 Å². The molecule has 19 heavy (non-hydrogen) atoms. The zero-order chi connectivity index (χ0) is 14.8. The molecule has 0 aliphatic carbocycles. The molecule has 0 saturated carbocycles. The van der Waals surface area contributed by atoms with Gasteiger partial charge in [0.1, 0.15) is 0 Å². The van der Waals surface area contributed by atoms with E-state index in [4.69, 9.17) is 0 Å². The van der Waals surface area contributed by atoms with Crippen molar-refractivity contribution >= 4 is 0 Å². The third kappa shape index (κ3) is 5.88. The molecule has 0 saturated heterocycles. The number of hydrogen-bond acceptors (Lipinski definition) is 0. The molecule has 0 aliphatic rings. The van der Waals surface area contributed by atoms with Crippen LogP contribution in [0.25, 0.3) is 0 Å². The van der Waals surface area contributed by atoms with Crippen molar-refractivity contribution in [2.24, 2.45) is 10.8 Å². The van der Waals surface area contributed by atoms with E-state index in [1.807, 2.05) is 0 Å². The van der Waals surface area contributed by atoms with Gasteiger partial charge in [-0.25, -0.2) is 0 Å². The Kier molecular flexibility index (Phi) is 9.83. The van der Waals surface area contributed by atoms with Gasteiger partial charge in [-0.3, -0.25) is 0 Å². The van der Waals surface area contributed by atoms with E-state index in [1.165, 1.54) is 70.6 Å². The molecular formula is C19H40. The van der Waals surface area contributed by atoms with Crippen LogP contribution in [0, 0.1) is 10.8 Å². The van der Waals surface area contributed by atoms with Crippen LogP contribution < -0.4 is 0 Å². The van der Waals surface area contributed by atoms with Gasteiger partial charge >= 0.3 is 0 Å². The summed E-state index contributed by atoms with van der Waals surface area (Å²) in [6.07, 6.45) is 15.4. The minimum atomic E-state index is 0.621. The second-order valence-corrected chi connectivity index (χ2v) is 6.80. The van der Waals surface area contributed by atoms with Crippen molar-refractivity contribution in [3.05, 3.63) is 0 Å². The van der Waals surface area contributed by atoms with Crippen LogP contribution in [0.1, 0.15) is 112 Å².